The van der Waals surface area contributed by atoms with Crippen molar-refractivity contribution in [2.45, 2.75) is 45.2 Å². The van der Waals surface area contributed by atoms with Crippen molar-refractivity contribution < 1.29 is 0 Å². The van der Waals surface area contributed by atoms with Crippen molar-refractivity contribution in [2.75, 3.05) is 6.54 Å². The highest BCUT2D eigenvalue weighted by molar-refractivity contribution is 7.09. The molecule has 0 bridgehead atoms. The predicted octanol–water partition coefficient (Wildman–Crippen LogP) is 2.99. The van der Waals surface area contributed by atoms with Gasteiger partial charge in [0.25, 0.3) is 0 Å². The maximum Gasteiger partial charge on any atom is 0.0302 e. The van der Waals surface area contributed by atoms with Crippen LogP contribution in [0.1, 0.15) is 37.5 Å². The first-order valence-corrected chi connectivity index (χ1v) is 7.63. The minimum atomic E-state index is 0.500. The van der Waals surface area contributed by atoms with Crippen LogP contribution < -0.4 is 11.1 Å². The van der Waals surface area contributed by atoms with Crippen LogP contribution in [0.4, 0.5) is 0 Å². The molecule has 0 aromatic carbocycles. The Kier molecular flexibility index (Phi) is 5.01. The monoisotopic (exact) mass is 252 g/mol. The molecule has 1 fully saturated rings. The van der Waals surface area contributed by atoms with Crippen LogP contribution in [0.3, 0.4) is 0 Å². The highest BCUT2D eigenvalue weighted by Gasteiger charge is 2.25. The summed E-state index contributed by atoms with van der Waals surface area (Å²) in [5, 5.41) is 5.78. The van der Waals surface area contributed by atoms with E-state index in [9.17, 15) is 0 Å². The zero-order valence-corrected chi connectivity index (χ0v) is 11.5. The molecular weight excluding hydrogens is 228 g/mol. The highest BCUT2D eigenvalue weighted by Crippen LogP contribution is 2.30. The molecule has 1 saturated carbocycles. The third-order valence-electron chi connectivity index (χ3n) is 3.92. The molecule has 96 valence electrons. The van der Waals surface area contributed by atoms with Crippen LogP contribution in [0.25, 0.3) is 0 Å². The molecule has 3 unspecified atom stereocenters. The molecule has 0 radical (unpaired) electrons. The van der Waals surface area contributed by atoms with Gasteiger partial charge in [0.15, 0.2) is 0 Å². The molecule has 2 nitrogen and oxygen atoms in total. The van der Waals surface area contributed by atoms with E-state index in [4.69, 9.17) is 5.73 Å². The minimum absolute atomic E-state index is 0.500. The molecular formula is C14H24N2S. The topological polar surface area (TPSA) is 38.0 Å². The van der Waals surface area contributed by atoms with Crippen molar-refractivity contribution >= 4 is 11.3 Å². The standard InChI is InChI=1S/C14H24N2S/c1-11-4-2-5-12(8-11)14(9-15)16-10-13-6-3-7-17-13/h3,6-7,11-12,14,16H,2,4-5,8-10,15H2,1H3. The molecule has 3 heteroatoms. The summed E-state index contributed by atoms with van der Waals surface area (Å²) in [6, 6.07) is 4.80. The van der Waals surface area contributed by atoms with E-state index in [1.807, 2.05) is 11.3 Å². The second-order valence-corrected chi connectivity index (χ2v) is 6.37. The van der Waals surface area contributed by atoms with Crippen molar-refractivity contribution in [2.24, 2.45) is 17.6 Å². The Morgan fingerprint density at radius 1 is 1.53 bits per heavy atom. The van der Waals surface area contributed by atoms with Gasteiger partial charge in [-0.3, -0.25) is 0 Å². The van der Waals surface area contributed by atoms with Crippen LogP contribution >= 0.6 is 11.3 Å². The van der Waals surface area contributed by atoms with E-state index in [2.05, 4.69) is 29.8 Å². The zero-order chi connectivity index (χ0) is 12.1. The SMILES string of the molecule is CC1CCCC(C(CN)NCc2cccs2)C1. The molecule has 1 aromatic rings. The van der Waals surface area contributed by atoms with Gasteiger partial charge in [-0.2, -0.15) is 0 Å². The molecule has 3 atom stereocenters. The fraction of sp³-hybridized carbons (Fsp3) is 0.714. The van der Waals surface area contributed by atoms with Gasteiger partial charge < -0.3 is 11.1 Å². The fourth-order valence-electron chi connectivity index (χ4n) is 2.93. The maximum absolute atomic E-state index is 5.93. The van der Waals surface area contributed by atoms with Crippen LogP contribution in [0.15, 0.2) is 17.5 Å². The molecule has 2 rings (SSSR count). The Labute approximate surface area is 109 Å². The molecule has 0 saturated heterocycles. The van der Waals surface area contributed by atoms with E-state index in [0.29, 0.717) is 6.04 Å². The summed E-state index contributed by atoms with van der Waals surface area (Å²) in [7, 11) is 0. The molecule has 0 amide bonds. The lowest BCUT2D eigenvalue weighted by atomic mass is 9.78. The van der Waals surface area contributed by atoms with Crippen LogP contribution in [-0.4, -0.2) is 12.6 Å². The summed E-state index contributed by atoms with van der Waals surface area (Å²) >= 11 is 1.82. The van der Waals surface area contributed by atoms with Gasteiger partial charge in [-0.05, 0) is 36.1 Å². The number of thiophene rings is 1. The normalized spacial score (nSPS) is 26.9. The molecule has 0 spiro atoms. The average molecular weight is 252 g/mol. The number of nitrogens with one attached hydrogen (secondary N) is 1. The van der Waals surface area contributed by atoms with Gasteiger partial charge in [0.05, 0.1) is 0 Å². The lowest BCUT2D eigenvalue weighted by Gasteiger charge is -2.33. The van der Waals surface area contributed by atoms with Gasteiger partial charge in [-0.25, -0.2) is 0 Å². The predicted molar refractivity (Wildman–Crippen MR) is 75.1 cm³/mol. The van der Waals surface area contributed by atoms with E-state index < -0.39 is 0 Å². The first-order chi connectivity index (χ1) is 8.29. The van der Waals surface area contributed by atoms with Crippen LogP contribution in [0.5, 0.6) is 0 Å². The van der Waals surface area contributed by atoms with Crippen molar-refractivity contribution in [1.29, 1.82) is 0 Å². The highest BCUT2D eigenvalue weighted by atomic mass is 32.1. The quantitative estimate of drug-likeness (QED) is 0.845. The van der Waals surface area contributed by atoms with Crippen molar-refractivity contribution in [1.82, 2.24) is 5.32 Å². The van der Waals surface area contributed by atoms with Gasteiger partial charge in [0.2, 0.25) is 0 Å². The van der Waals surface area contributed by atoms with Gasteiger partial charge in [-0.1, -0.05) is 25.8 Å². The van der Waals surface area contributed by atoms with Gasteiger partial charge in [-0.15, -0.1) is 11.3 Å². The van der Waals surface area contributed by atoms with Crippen LogP contribution in [-0.2, 0) is 6.54 Å². The third kappa shape index (κ3) is 3.80. The van der Waals surface area contributed by atoms with Gasteiger partial charge in [0, 0.05) is 24.0 Å². The Balaban J connectivity index is 1.83. The number of rotatable bonds is 5. The Hall–Kier alpha value is -0.380. The third-order valence-corrected chi connectivity index (χ3v) is 4.79. The second-order valence-electron chi connectivity index (χ2n) is 5.33. The first kappa shape index (κ1) is 13.1. The lowest BCUT2D eigenvalue weighted by molar-refractivity contribution is 0.224. The Morgan fingerprint density at radius 2 is 2.41 bits per heavy atom. The van der Waals surface area contributed by atoms with Gasteiger partial charge in [0.1, 0.15) is 0 Å². The van der Waals surface area contributed by atoms with Crippen molar-refractivity contribution in [3.05, 3.63) is 22.4 Å². The largest absolute Gasteiger partial charge is 0.329 e. The second kappa shape index (κ2) is 6.53. The minimum Gasteiger partial charge on any atom is -0.329 e. The molecule has 1 aromatic heterocycles. The van der Waals surface area contributed by atoms with Crippen LogP contribution in [0.2, 0.25) is 0 Å². The molecule has 1 aliphatic carbocycles. The number of hydrogen-bond acceptors (Lipinski definition) is 3. The number of hydrogen-bond donors (Lipinski definition) is 2. The van der Waals surface area contributed by atoms with E-state index in [-0.39, 0.29) is 0 Å². The van der Waals surface area contributed by atoms with Gasteiger partial charge >= 0.3 is 0 Å². The van der Waals surface area contributed by atoms with E-state index in [1.54, 1.807) is 0 Å². The summed E-state index contributed by atoms with van der Waals surface area (Å²) in [5.41, 5.74) is 5.93. The average Bonchev–Trinajstić information content (AvgIpc) is 2.83. The maximum atomic E-state index is 5.93. The molecule has 17 heavy (non-hydrogen) atoms. The zero-order valence-electron chi connectivity index (χ0n) is 10.7. The smallest absolute Gasteiger partial charge is 0.0302 e. The Bertz CT molecular complexity index is 310. The number of nitrogens with two attached hydrogens (primary N) is 1. The summed E-state index contributed by atoms with van der Waals surface area (Å²) in [6.45, 7) is 4.12. The fourth-order valence-corrected chi connectivity index (χ4v) is 3.59. The molecule has 0 aliphatic heterocycles. The van der Waals surface area contributed by atoms with Crippen molar-refractivity contribution in [3.8, 4) is 0 Å². The first-order valence-electron chi connectivity index (χ1n) is 6.75. The van der Waals surface area contributed by atoms with E-state index >= 15 is 0 Å². The summed E-state index contributed by atoms with van der Waals surface area (Å²) in [5.74, 6) is 1.66. The molecule has 1 aliphatic rings. The summed E-state index contributed by atoms with van der Waals surface area (Å²) in [6.07, 6.45) is 5.48. The lowest BCUT2D eigenvalue weighted by Crippen LogP contribution is -2.43. The van der Waals surface area contributed by atoms with E-state index in [0.717, 1.165) is 24.9 Å². The Morgan fingerprint density at radius 3 is 3.06 bits per heavy atom. The van der Waals surface area contributed by atoms with Crippen LogP contribution in [0, 0.1) is 11.8 Å². The molecule has 3 N–H and O–H groups in total. The van der Waals surface area contributed by atoms with Crippen molar-refractivity contribution in [3.63, 3.8) is 0 Å². The molecule has 1 heterocycles. The summed E-state index contributed by atoms with van der Waals surface area (Å²) in [4.78, 5) is 1.41. The van der Waals surface area contributed by atoms with E-state index in [1.165, 1.54) is 30.6 Å². The summed E-state index contributed by atoms with van der Waals surface area (Å²) < 4.78 is 0.